The van der Waals surface area contributed by atoms with Gasteiger partial charge in [-0.2, -0.15) is 0 Å². The van der Waals surface area contributed by atoms with E-state index in [1.54, 1.807) is 0 Å². The first-order valence-corrected chi connectivity index (χ1v) is 5.90. The molecule has 92 valence electrons. The van der Waals surface area contributed by atoms with Crippen LogP contribution in [0.25, 0.3) is 0 Å². The number of nitrogens with one attached hydrogen (secondary N) is 1. The summed E-state index contributed by atoms with van der Waals surface area (Å²) < 4.78 is 10.8. The minimum atomic E-state index is 0.659. The molecule has 0 unspecified atom stereocenters. The van der Waals surface area contributed by atoms with Crippen molar-refractivity contribution in [3.8, 4) is 0 Å². The van der Waals surface area contributed by atoms with Crippen molar-refractivity contribution in [1.29, 1.82) is 0 Å². The normalized spacial score (nSPS) is 10.9. The molecule has 0 radical (unpaired) electrons. The van der Waals surface area contributed by atoms with E-state index in [1.807, 2.05) is 7.05 Å². The van der Waals surface area contributed by atoms with E-state index >= 15 is 0 Å². The molecule has 1 rings (SSSR count). The van der Waals surface area contributed by atoms with Gasteiger partial charge in [0.25, 0.3) is 0 Å². The lowest BCUT2D eigenvalue weighted by Crippen LogP contribution is -2.08. The minimum Gasteiger partial charge on any atom is -0.425 e. The first-order valence-electron chi connectivity index (χ1n) is 5.90. The van der Waals surface area contributed by atoms with Crippen LogP contribution in [0.15, 0.2) is 4.42 Å². The fraction of sp³-hybridized carbons (Fsp3) is 0.818. The number of aromatic nitrogens is 2. The minimum absolute atomic E-state index is 0.659. The Bertz CT molecular complexity index is 276. The average Bonchev–Trinajstić information content (AvgIpc) is 2.73. The fourth-order valence-corrected chi connectivity index (χ4v) is 1.31. The van der Waals surface area contributed by atoms with Crippen LogP contribution in [0.1, 0.15) is 31.5 Å². The molecule has 0 aliphatic heterocycles. The number of nitrogens with zero attached hydrogens (tertiary/aromatic N) is 2. The van der Waals surface area contributed by atoms with E-state index in [0.717, 1.165) is 38.3 Å². The van der Waals surface area contributed by atoms with Gasteiger partial charge in [0.15, 0.2) is 0 Å². The Morgan fingerprint density at radius 1 is 1.19 bits per heavy atom. The highest BCUT2D eigenvalue weighted by atomic mass is 16.5. The summed E-state index contributed by atoms with van der Waals surface area (Å²) in [4.78, 5) is 0. The zero-order valence-corrected chi connectivity index (χ0v) is 10.2. The van der Waals surface area contributed by atoms with E-state index < -0.39 is 0 Å². The molecule has 1 aromatic heterocycles. The van der Waals surface area contributed by atoms with Gasteiger partial charge in [-0.05, 0) is 26.4 Å². The highest BCUT2D eigenvalue weighted by molar-refractivity contribution is 4.82. The molecule has 5 heteroatoms. The van der Waals surface area contributed by atoms with E-state index in [2.05, 4.69) is 22.4 Å². The zero-order valence-electron chi connectivity index (χ0n) is 10.2. The van der Waals surface area contributed by atoms with E-state index in [9.17, 15) is 0 Å². The molecule has 0 aromatic carbocycles. The molecular formula is C11H21N3O2. The van der Waals surface area contributed by atoms with Crippen LogP contribution in [0.5, 0.6) is 0 Å². The molecule has 5 nitrogen and oxygen atoms in total. The van der Waals surface area contributed by atoms with Gasteiger partial charge in [-0.3, -0.25) is 0 Å². The van der Waals surface area contributed by atoms with E-state index in [0.29, 0.717) is 18.9 Å². The molecule has 1 aromatic rings. The SMILES string of the molecule is CCCOCCc1nnc(CCCNC)o1. The second kappa shape index (κ2) is 8.24. The van der Waals surface area contributed by atoms with Crippen LogP contribution in [0.2, 0.25) is 0 Å². The van der Waals surface area contributed by atoms with Crippen molar-refractivity contribution < 1.29 is 9.15 Å². The first-order chi connectivity index (χ1) is 7.86. The summed E-state index contributed by atoms with van der Waals surface area (Å²) in [7, 11) is 1.93. The Morgan fingerprint density at radius 3 is 2.62 bits per heavy atom. The van der Waals surface area contributed by atoms with Gasteiger partial charge in [-0.15, -0.1) is 10.2 Å². The summed E-state index contributed by atoms with van der Waals surface area (Å²) in [5, 5.41) is 11.0. The third-order valence-electron chi connectivity index (χ3n) is 2.13. The molecule has 16 heavy (non-hydrogen) atoms. The standard InChI is InChI=1S/C11H21N3O2/c1-3-8-15-9-6-11-14-13-10(16-11)5-4-7-12-2/h12H,3-9H2,1-2H3. The van der Waals surface area contributed by atoms with Gasteiger partial charge in [0.2, 0.25) is 11.8 Å². The second-order valence-corrected chi connectivity index (χ2v) is 3.66. The smallest absolute Gasteiger partial charge is 0.218 e. The van der Waals surface area contributed by atoms with E-state index in [-0.39, 0.29) is 0 Å². The highest BCUT2D eigenvalue weighted by Gasteiger charge is 2.05. The van der Waals surface area contributed by atoms with Gasteiger partial charge in [0.1, 0.15) is 0 Å². The van der Waals surface area contributed by atoms with Crippen LogP contribution < -0.4 is 5.32 Å². The molecule has 0 atom stereocenters. The Morgan fingerprint density at radius 2 is 1.94 bits per heavy atom. The van der Waals surface area contributed by atoms with Crippen LogP contribution >= 0.6 is 0 Å². The predicted molar refractivity (Wildman–Crippen MR) is 61.4 cm³/mol. The summed E-state index contributed by atoms with van der Waals surface area (Å²) >= 11 is 0. The molecule has 0 fully saturated rings. The van der Waals surface area contributed by atoms with Gasteiger partial charge < -0.3 is 14.5 Å². The van der Waals surface area contributed by atoms with Crippen LogP contribution in [0, 0.1) is 0 Å². The maximum absolute atomic E-state index is 5.48. The van der Waals surface area contributed by atoms with Crippen LogP contribution in [0.4, 0.5) is 0 Å². The third-order valence-corrected chi connectivity index (χ3v) is 2.13. The van der Waals surface area contributed by atoms with E-state index in [4.69, 9.17) is 9.15 Å². The summed E-state index contributed by atoms with van der Waals surface area (Å²) in [5.74, 6) is 1.40. The van der Waals surface area contributed by atoms with Crippen molar-refractivity contribution in [2.75, 3.05) is 26.8 Å². The largest absolute Gasteiger partial charge is 0.425 e. The number of aryl methyl sites for hydroxylation is 1. The lowest BCUT2D eigenvalue weighted by atomic mass is 10.3. The number of rotatable bonds is 9. The number of ether oxygens (including phenoxy) is 1. The quantitative estimate of drug-likeness (QED) is 0.642. The molecule has 0 bridgehead atoms. The summed E-state index contributed by atoms with van der Waals surface area (Å²) in [6, 6.07) is 0. The highest BCUT2D eigenvalue weighted by Crippen LogP contribution is 2.03. The Kier molecular flexibility index (Phi) is 6.76. The Hall–Kier alpha value is -0.940. The molecule has 0 aliphatic rings. The van der Waals surface area contributed by atoms with Crippen molar-refractivity contribution in [3.63, 3.8) is 0 Å². The maximum Gasteiger partial charge on any atom is 0.218 e. The molecule has 1 N–H and O–H groups in total. The number of hydrogen-bond acceptors (Lipinski definition) is 5. The molecule has 0 aliphatic carbocycles. The number of hydrogen-bond donors (Lipinski definition) is 1. The summed E-state index contributed by atoms with van der Waals surface area (Å²) in [5.41, 5.74) is 0. The summed E-state index contributed by atoms with van der Waals surface area (Å²) in [6.07, 6.45) is 3.60. The van der Waals surface area contributed by atoms with Crippen molar-refractivity contribution in [2.45, 2.75) is 32.6 Å². The van der Waals surface area contributed by atoms with Crippen molar-refractivity contribution >= 4 is 0 Å². The monoisotopic (exact) mass is 227 g/mol. The summed E-state index contributed by atoms with van der Waals surface area (Å²) in [6.45, 7) is 4.51. The molecular weight excluding hydrogens is 206 g/mol. The molecule has 0 saturated carbocycles. The molecule has 0 spiro atoms. The van der Waals surface area contributed by atoms with Crippen molar-refractivity contribution in [1.82, 2.24) is 15.5 Å². The lowest BCUT2D eigenvalue weighted by Gasteiger charge is -1.98. The van der Waals surface area contributed by atoms with Crippen LogP contribution in [0.3, 0.4) is 0 Å². The van der Waals surface area contributed by atoms with Gasteiger partial charge >= 0.3 is 0 Å². The average molecular weight is 227 g/mol. The molecule has 1 heterocycles. The van der Waals surface area contributed by atoms with Gasteiger partial charge in [0, 0.05) is 19.4 Å². The van der Waals surface area contributed by atoms with Crippen molar-refractivity contribution in [3.05, 3.63) is 11.8 Å². The predicted octanol–water partition coefficient (Wildman–Crippen LogP) is 1.19. The second-order valence-electron chi connectivity index (χ2n) is 3.66. The van der Waals surface area contributed by atoms with Crippen molar-refractivity contribution in [2.24, 2.45) is 0 Å². The molecule has 0 amide bonds. The van der Waals surface area contributed by atoms with Gasteiger partial charge in [0.05, 0.1) is 6.61 Å². The molecule has 0 saturated heterocycles. The third kappa shape index (κ3) is 5.23. The topological polar surface area (TPSA) is 60.2 Å². The fourth-order valence-electron chi connectivity index (χ4n) is 1.31. The zero-order chi connectivity index (χ0) is 11.6. The van der Waals surface area contributed by atoms with E-state index in [1.165, 1.54) is 0 Å². The van der Waals surface area contributed by atoms with Crippen LogP contribution in [-0.2, 0) is 17.6 Å². The van der Waals surface area contributed by atoms with Crippen LogP contribution in [-0.4, -0.2) is 37.0 Å². The first kappa shape index (κ1) is 13.1. The van der Waals surface area contributed by atoms with Gasteiger partial charge in [-0.25, -0.2) is 0 Å². The lowest BCUT2D eigenvalue weighted by molar-refractivity contribution is 0.133. The van der Waals surface area contributed by atoms with Gasteiger partial charge in [-0.1, -0.05) is 6.92 Å². The Labute approximate surface area is 96.6 Å². The Balaban J connectivity index is 2.17. The maximum atomic E-state index is 5.48.